The van der Waals surface area contributed by atoms with Gasteiger partial charge in [0.1, 0.15) is 17.8 Å². The molecule has 6 heteroatoms. The third-order valence-corrected chi connectivity index (χ3v) is 4.60. The molecule has 3 rings (SSSR count). The summed E-state index contributed by atoms with van der Waals surface area (Å²) in [7, 11) is 0. The molecular weight excluding hydrogens is 311 g/mol. The van der Waals surface area contributed by atoms with Crippen molar-refractivity contribution in [1.82, 2.24) is 10.6 Å². The molecule has 1 aliphatic carbocycles. The maximum atomic E-state index is 14.2. The molecule has 2 amide bonds. The van der Waals surface area contributed by atoms with Gasteiger partial charge >= 0.3 is 12.0 Å². The van der Waals surface area contributed by atoms with Crippen LogP contribution >= 0.6 is 0 Å². The summed E-state index contributed by atoms with van der Waals surface area (Å²) < 4.78 is 19.8. The number of esters is 1. The molecule has 24 heavy (non-hydrogen) atoms. The van der Waals surface area contributed by atoms with Gasteiger partial charge in [-0.25, -0.2) is 9.18 Å². The molecule has 0 bridgehead atoms. The molecule has 1 aromatic carbocycles. The van der Waals surface area contributed by atoms with E-state index in [4.69, 9.17) is 4.74 Å². The van der Waals surface area contributed by atoms with Gasteiger partial charge < -0.3 is 15.4 Å². The Bertz CT molecular complexity index is 655. The minimum absolute atomic E-state index is 0.113. The number of hydrogen-bond acceptors (Lipinski definition) is 3. The molecule has 2 unspecified atom stereocenters. The molecule has 2 fully saturated rings. The quantitative estimate of drug-likeness (QED) is 0.836. The Balaban J connectivity index is 1.83. The number of benzene rings is 1. The highest BCUT2D eigenvalue weighted by Crippen LogP contribution is 2.33. The fraction of sp³-hybridized carbons (Fsp3) is 0.444. The first-order chi connectivity index (χ1) is 11.6. The molecule has 1 saturated carbocycles. The average molecular weight is 332 g/mol. The van der Waals surface area contributed by atoms with Crippen molar-refractivity contribution >= 4 is 12.0 Å². The third kappa shape index (κ3) is 3.42. The molecule has 0 aromatic heterocycles. The molecule has 1 aromatic rings. The Labute approximate surface area is 140 Å². The van der Waals surface area contributed by atoms with Crippen LogP contribution in [-0.2, 0) is 9.53 Å². The summed E-state index contributed by atoms with van der Waals surface area (Å²) in [4.78, 5) is 24.5. The van der Waals surface area contributed by atoms with Gasteiger partial charge in [-0.3, -0.25) is 4.79 Å². The Morgan fingerprint density at radius 2 is 1.92 bits per heavy atom. The second kappa shape index (κ2) is 7.03. The molecule has 128 valence electrons. The van der Waals surface area contributed by atoms with Crippen LogP contribution in [0.4, 0.5) is 9.18 Å². The zero-order valence-electron chi connectivity index (χ0n) is 13.4. The molecule has 1 aliphatic heterocycles. The lowest BCUT2D eigenvalue weighted by atomic mass is 9.88. The summed E-state index contributed by atoms with van der Waals surface area (Å²) in [6.45, 7) is 3.77. The predicted octanol–water partition coefficient (Wildman–Crippen LogP) is 3.19. The monoisotopic (exact) mass is 332 g/mol. The summed E-state index contributed by atoms with van der Waals surface area (Å²) in [5, 5.41) is 5.12. The second-order valence-electron chi connectivity index (χ2n) is 6.30. The molecule has 0 radical (unpaired) electrons. The van der Waals surface area contributed by atoms with E-state index < -0.39 is 29.8 Å². The predicted molar refractivity (Wildman–Crippen MR) is 86.4 cm³/mol. The zero-order chi connectivity index (χ0) is 17.1. The normalized spacial score (nSPS) is 24.9. The SMILES string of the molecule is C=C1NC(=O)NC(c2ccccc2F)C1C(=O)OC1CCCCC1. The van der Waals surface area contributed by atoms with E-state index in [9.17, 15) is 14.0 Å². The van der Waals surface area contributed by atoms with Gasteiger partial charge in [0.15, 0.2) is 0 Å². The maximum absolute atomic E-state index is 14.2. The van der Waals surface area contributed by atoms with Crippen LogP contribution in [0.15, 0.2) is 36.5 Å². The molecule has 1 saturated heterocycles. The van der Waals surface area contributed by atoms with Gasteiger partial charge in [0.25, 0.3) is 0 Å². The van der Waals surface area contributed by atoms with E-state index in [1.807, 2.05) is 0 Å². The Morgan fingerprint density at radius 3 is 2.62 bits per heavy atom. The van der Waals surface area contributed by atoms with Gasteiger partial charge in [0.2, 0.25) is 0 Å². The van der Waals surface area contributed by atoms with Crippen LogP contribution in [0.3, 0.4) is 0 Å². The molecule has 2 N–H and O–H groups in total. The van der Waals surface area contributed by atoms with Crippen molar-refractivity contribution in [2.75, 3.05) is 0 Å². The van der Waals surface area contributed by atoms with Crippen LogP contribution in [0.2, 0.25) is 0 Å². The van der Waals surface area contributed by atoms with Crippen molar-refractivity contribution < 1.29 is 18.7 Å². The highest BCUT2D eigenvalue weighted by molar-refractivity contribution is 5.85. The number of hydrogen-bond donors (Lipinski definition) is 2. The highest BCUT2D eigenvalue weighted by Gasteiger charge is 2.40. The maximum Gasteiger partial charge on any atom is 0.319 e. The number of ether oxygens (including phenoxy) is 1. The standard InChI is InChI=1S/C18H21FN2O3/c1-11-15(17(22)24-12-7-3-2-4-8-12)16(21-18(23)20-11)13-9-5-6-10-14(13)19/h5-6,9-10,12,15-16H,1-4,7-8H2,(H2,20,21,23). The average Bonchev–Trinajstić information content (AvgIpc) is 2.55. The van der Waals surface area contributed by atoms with Gasteiger partial charge in [0, 0.05) is 11.3 Å². The van der Waals surface area contributed by atoms with Crippen molar-refractivity contribution in [3.05, 3.63) is 47.9 Å². The zero-order valence-corrected chi connectivity index (χ0v) is 13.4. The number of halogens is 1. The van der Waals surface area contributed by atoms with Crippen LogP contribution < -0.4 is 10.6 Å². The fourth-order valence-electron chi connectivity index (χ4n) is 3.37. The summed E-state index contributed by atoms with van der Waals surface area (Å²) in [6, 6.07) is 4.75. The lowest BCUT2D eigenvalue weighted by molar-refractivity contribution is -0.155. The van der Waals surface area contributed by atoms with E-state index in [-0.39, 0.29) is 17.4 Å². The Kier molecular flexibility index (Phi) is 4.83. The molecule has 0 spiro atoms. The third-order valence-electron chi connectivity index (χ3n) is 4.60. The molecule has 2 aliphatic rings. The number of amides is 2. The summed E-state index contributed by atoms with van der Waals surface area (Å²) >= 11 is 0. The minimum atomic E-state index is -0.860. The van der Waals surface area contributed by atoms with Crippen molar-refractivity contribution in [3.63, 3.8) is 0 Å². The van der Waals surface area contributed by atoms with Crippen molar-refractivity contribution in [1.29, 1.82) is 0 Å². The first-order valence-corrected chi connectivity index (χ1v) is 8.27. The van der Waals surface area contributed by atoms with Crippen molar-refractivity contribution in [2.45, 2.75) is 44.2 Å². The topological polar surface area (TPSA) is 67.4 Å². The number of carbonyl (C=O) groups excluding carboxylic acids is 2. The molecular formula is C18H21FN2O3. The van der Waals surface area contributed by atoms with Crippen LogP contribution in [0, 0.1) is 11.7 Å². The van der Waals surface area contributed by atoms with Crippen LogP contribution in [0.5, 0.6) is 0 Å². The van der Waals surface area contributed by atoms with Gasteiger partial charge in [-0.1, -0.05) is 31.2 Å². The van der Waals surface area contributed by atoms with E-state index in [2.05, 4.69) is 17.2 Å². The summed E-state index contributed by atoms with van der Waals surface area (Å²) in [5.41, 5.74) is 0.479. The van der Waals surface area contributed by atoms with Crippen molar-refractivity contribution in [2.24, 2.45) is 5.92 Å². The molecule has 5 nitrogen and oxygen atoms in total. The number of nitrogens with one attached hydrogen (secondary N) is 2. The first-order valence-electron chi connectivity index (χ1n) is 8.27. The van der Waals surface area contributed by atoms with E-state index in [0.29, 0.717) is 0 Å². The summed E-state index contributed by atoms with van der Waals surface area (Å²) in [5.74, 6) is -1.82. The van der Waals surface area contributed by atoms with Gasteiger partial charge in [0.05, 0.1) is 6.04 Å². The smallest absolute Gasteiger partial charge is 0.319 e. The van der Waals surface area contributed by atoms with E-state index in [1.165, 1.54) is 6.07 Å². The largest absolute Gasteiger partial charge is 0.462 e. The number of rotatable bonds is 3. The van der Waals surface area contributed by atoms with Crippen LogP contribution in [0.25, 0.3) is 0 Å². The number of carbonyl (C=O) groups is 2. The fourth-order valence-corrected chi connectivity index (χ4v) is 3.37. The number of urea groups is 1. The van der Waals surface area contributed by atoms with Gasteiger partial charge in [-0.05, 0) is 31.7 Å². The minimum Gasteiger partial charge on any atom is -0.462 e. The highest BCUT2D eigenvalue weighted by atomic mass is 19.1. The van der Waals surface area contributed by atoms with Crippen LogP contribution in [0.1, 0.15) is 43.7 Å². The lowest BCUT2D eigenvalue weighted by Gasteiger charge is -2.34. The van der Waals surface area contributed by atoms with Crippen LogP contribution in [-0.4, -0.2) is 18.1 Å². The molecule has 1 heterocycles. The van der Waals surface area contributed by atoms with Gasteiger partial charge in [-0.15, -0.1) is 0 Å². The van der Waals surface area contributed by atoms with E-state index in [0.717, 1.165) is 32.1 Å². The second-order valence-corrected chi connectivity index (χ2v) is 6.30. The van der Waals surface area contributed by atoms with Crippen molar-refractivity contribution in [3.8, 4) is 0 Å². The summed E-state index contributed by atoms with van der Waals surface area (Å²) in [6.07, 6.45) is 4.80. The molecule has 2 atom stereocenters. The van der Waals surface area contributed by atoms with E-state index in [1.54, 1.807) is 18.2 Å². The lowest BCUT2D eigenvalue weighted by Crippen LogP contribution is -2.51. The van der Waals surface area contributed by atoms with Gasteiger partial charge in [-0.2, -0.15) is 0 Å². The Morgan fingerprint density at radius 1 is 1.21 bits per heavy atom. The Hall–Kier alpha value is -2.37. The first kappa shape index (κ1) is 16.5. The van der Waals surface area contributed by atoms with E-state index >= 15 is 0 Å².